The molecule has 0 saturated heterocycles. The molecule has 0 aliphatic carbocycles. The van der Waals surface area contributed by atoms with Gasteiger partial charge in [0.2, 0.25) is 0 Å². The number of aromatic nitrogens is 1. The van der Waals surface area contributed by atoms with Gasteiger partial charge in [-0.05, 0) is 29.7 Å². The summed E-state index contributed by atoms with van der Waals surface area (Å²) in [7, 11) is 0. The van der Waals surface area contributed by atoms with Crippen LogP contribution in [0.2, 0.25) is 10.0 Å². The van der Waals surface area contributed by atoms with Gasteiger partial charge in [-0.15, -0.1) is 0 Å². The van der Waals surface area contributed by atoms with Gasteiger partial charge in [-0.2, -0.15) is 0 Å². The fraction of sp³-hybridized carbons (Fsp3) is 0.154. The number of halogens is 2. The smallest absolute Gasteiger partial charge is 0.0740 e. The second-order valence-electron chi connectivity index (χ2n) is 4.04. The zero-order chi connectivity index (χ0) is 13.1. The SMILES string of the molecule is Cc1cncc(C(NN)c2cccc(Cl)c2Cl)c1. The highest BCUT2D eigenvalue weighted by Gasteiger charge is 2.17. The average molecular weight is 282 g/mol. The molecule has 1 aromatic carbocycles. The molecule has 0 amide bonds. The number of nitrogens with zero attached hydrogens (tertiary/aromatic N) is 1. The number of hydrogen-bond acceptors (Lipinski definition) is 3. The van der Waals surface area contributed by atoms with Crippen LogP contribution < -0.4 is 11.3 Å². The quantitative estimate of drug-likeness (QED) is 0.671. The van der Waals surface area contributed by atoms with Gasteiger partial charge in [0.1, 0.15) is 0 Å². The summed E-state index contributed by atoms with van der Waals surface area (Å²) in [5.41, 5.74) is 5.59. The molecule has 2 aromatic rings. The summed E-state index contributed by atoms with van der Waals surface area (Å²) in [4.78, 5) is 4.16. The Hall–Kier alpha value is -1.13. The Balaban J connectivity index is 2.49. The van der Waals surface area contributed by atoms with Crippen LogP contribution in [0.1, 0.15) is 22.7 Å². The highest BCUT2D eigenvalue weighted by molar-refractivity contribution is 6.42. The number of hydrogen-bond donors (Lipinski definition) is 2. The van der Waals surface area contributed by atoms with Crippen LogP contribution in [0.3, 0.4) is 0 Å². The molecular weight excluding hydrogens is 269 g/mol. The van der Waals surface area contributed by atoms with Crippen LogP contribution in [0.4, 0.5) is 0 Å². The molecule has 0 saturated carbocycles. The Morgan fingerprint density at radius 3 is 2.72 bits per heavy atom. The summed E-state index contributed by atoms with van der Waals surface area (Å²) in [6.45, 7) is 1.98. The Labute approximate surface area is 116 Å². The first-order valence-corrected chi connectivity index (χ1v) is 6.20. The number of hydrazine groups is 1. The van der Waals surface area contributed by atoms with Gasteiger partial charge in [-0.3, -0.25) is 10.8 Å². The molecule has 0 radical (unpaired) electrons. The minimum Gasteiger partial charge on any atom is -0.271 e. The Morgan fingerprint density at radius 2 is 2.06 bits per heavy atom. The third-order valence-corrected chi connectivity index (χ3v) is 3.52. The highest BCUT2D eigenvalue weighted by Crippen LogP contribution is 2.32. The molecule has 3 nitrogen and oxygen atoms in total. The number of benzene rings is 1. The Morgan fingerprint density at radius 1 is 1.28 bits per heavy atom. The fourth-order valence-electron chi connectivity index (χ4n) is 1.85. The van der Waals surface area contributed by atoms with E-state index in [4.69, 9.17) is 29.0 Å². The maximum atomic E-state index is 6.21. The van der Waals surface area contributed by atoms with Crippen molar-refractivity contribution in [3.63, 3.8) is 0 Å². The molecule has 1 atom stereocenters. The van der Waals surface area contributed by atoms with Crippen LogP contribution in [0.15, 0.2) is 36.7 Å². The van der Waals surface area contributed by atoms with Crippen molar-refractivity contribution in [2.45, 2.75) is 13.0 Å². The summed E-state index contributed by atoms with van der Waals surface area (Å²) in [5.74, 6) is 5.63. The largest absolute Gasteiger partial charge is 0.271 e. The van der Waals surface area contributed by atoms with E-state index in [2.05, 4.69) is 10.4 Å². The lowest BCUT2D eigenvalue weighted by molar-refractivity contribution is 0.634. The summed E-state index contributed by atoms with van der Waals surface area (Å²) < 4.78 is 0. The Kier molecular flexibility index (Phi) is 4.19. The summed E-state index contributed by atoms with van der Waals surface area (Å²) in [5, 5.41) is 1.01. The van der Waals surface area contributed by atoms with Crippen LogP contribution >= 0.6 is 23.2 Å². The van der Waals surface area contributed by atoms with E-state index in [9.17, 15) is 0 Å². The molecule has 2 rings (SSSR count). The van der Waals surface area contributed by atoms with Crippen LogP contribution in [0.25, 0.3) is 0 Å². The topological polar surface area (TPSA) is 50.9 Å². The van der Waals surface area contributed by atoms with Crippen molar-refractivity contribution < 1.29 is 0 Å². The van der Waals surface area contributed by atoms with Crippen molar-refractivity contribution in [3.05, 3.63) is 63.4 Å². The lowest BCUT2D eigenvalue weighted by Gasteiger charge is -2.18. The maximum Gasteiger partial charge on any atom is 0.0740 e. The van der Waals surface area contributed by atoms with Gasteiger partial charge in [0.15, 0.2) is 0 Å². The first-order valence-electron chi connectivity index (χ1n) is 5.45. The molecule has 94 valence electrons. The minimum atomic E-state index is -0.233. The van der Waals surface area contributed by atoms with Crippen LogP contribution in [-0.2, 0) is 0 Å². The van der Waals surface area contributed by atoms with Crippen molar-refractivity contribution >= 4 is 23.2 Å². The zero-order valence-electron chi connectivity index (χ0n) is 9.82. The van der Waals surface area contributed by atoms with Crippen molar-refractivity contribution in [2.75, 3.05) is 0 Å². The van der Waals surface area contributed by atoms with Crippen molar-refractivity contribution in [3.8, 4) is 0 Å². The number of aryl methyl sites for hydroxylation is 1. The number of rotatable bonds is 3. The van der Waals surface area contributed by atoms with E-state index < -0.39 is 0 Å². The monoisotopic (exact) mass is 281 g/mol. The molecule has 1 heterocycles. The van der Waals surface area contributed by atoms with Gasteiger partial charge in [0, 0.05) is 12.4 Å². The maximum absolute atomic E-state index is 6.21. The molecule has 1 aromatic heterocycles. The van der Waals surface area contributed by atoms with Gasteiger partial charge < -0.3 is 0 Å². The molecule has 5 heteroatoms. The third kappa shape index (κ3) is 2.65. The first kappa shape index (κ1) is 13.3. The predicted molar refractivity (Wildman–Crippen MR) is 74.6 cm³/mol. The molecule has 0 aliphatic heterocycles. The van der Waals surface area contributed by atoms with Gasteiger partial charge in [0.05, 0.1) is 16.1 Å². The van der Waals surface area contributed by atoms with E-state index in [0.29, 0.717) is 10.0 Å². The standard InChI is InChI=1S/C13H13Cl2N3/c1-8-5-9(7-17-6-8)13(18-16)10-3-2-4-11(14)12(10)15/h2-7,13,18H,16H2,1H3. The van der Waals surface area contributed by atoms with Gasteiger partial charge >= 0.3 is 0 Å². The van der Waals surface area contributed by atoms with E-state index in [1.54, 1.807) is 18.5 Å². The fourth-order valence-corrected chi connectivity index (χ4v) is 2.26. The number of nitrogens with two attached hydrogens (primary N) is 1. The molecule has 3 N–H and O–H groups in total. The first-order chi connectivity index (χ1) is 8.63. The van der Waals surface area contributed by atoms with Crippen LogP contribution in [0, 0.1) is 6.92 Å². The molecule has 0 fully saturated rings. The van der Waals surface area contributed by atoms with Crippen LogP contribution in [-0.4, -0.2) is 4.98 Å². The number of pyridine rings is 1. The van der Waals surface area contributed by atoms with Crippen molar-refractivity contribution in [2.24, 2.45) is 5.84 Å². The molecular formula is C13H13Cl2N3. The third-order valence-electron chi connectivity index (χ3n) is 2.69. The second-order valence-corrected chi connectivity index (χ2v) is 4.82. The average Bonchev–Trinajstić information content (AvgIpc) is 2.35. The lowest BCUT2D eigenvalue weighted by atomic mass is 10.00. The minimum absolute atomic E-state index is 0.233. The Bertz CT molecular complexity index is 558. The summed E-state index contributed by atoms with van der Waals surface area (Å²) in [6.07, 6.45) is 3.55. The van der Waals surface area contributed by atoms with E-state index in [-0.39, 0.29) is 6.04 Å². The van der Waals surface area contributed by atoms with E-state index in [1.807, 2.05) is 25.1 Å². The molecule has 18 heavy (non-hydrogen) atoms. The molecule has 1 unspecified atom stereocenters. The molecule has 0 aliphatic rings. The van der Waals surface area contributed by atoms with E-state index >= 15 is 0 Å². The summed E-state index contributed by atoms with van der Waals surface area (Å²) in [6, 6.07) is 7.26. The van der Waals surface area contributed by atoms with Crippen molar-refractivity contribution in [1.29, 1.82) is 0 Å². The lowest BCUT2D eigenvalue weighted by Crippen LogP contribution is -2.29. The normalized spacial score (nSPS) is 12.4. The molecule has 0 spiro atoms. The zero-order valence-corrected chi connectivity index (χ0v) is 11.3. The van der Waals surface area contributed by atoms with Gasteiger partial charge in [-0.1, -0.05) is 41.4 Å². The predicted octanol–water partition coefficient (Wildman–Crippen LogP) is 3.25. The van der Waals surface area contributed by atoms with Crippen LogP contribution in [0.5, 0.6) is 0 Å². The summed E-state index contributed by atoms with van der Waals surface area (Å²) >= 11 is 12.2. The second kappa shape index (κ2) is 5.67. The van der Waals surface area contributed by atoms with Gasteiger partial charge in [-0.25, -0.2) is 5.43 Å². The van der Waals surface area contributed by atoms with E-state index in [0.717, 1.165) is 16.7 Å². The van der Waals surface area contributed by atoms with Gasteiger partial charge in [0.25, 0.3) is 0 Å². The van der Waals surface area contributed by atoms with E-state index in [1.165, 1.54) is 0 Å². The number of nitrogens with one attached hydrogen (secondary N) is 1. The van der Waals surface area contributed by atoms with Crippen molar-refractivity contribution in [1.82, 2.24) is 10.4 Å². The highest BCUT2D eigenvalue weighted by atomic mass is 35.5. The molecule has 0 bridgehead atoms.